The molecule has 0 atom stereocenters. The van der Waals surface area contributed by atoms with Gasteiger partial charge in [0.15, 0.2) is 0 Å². The first-order chi connectivity index (χ1) is 18.6. The lowest BCUT2D eigenvalue weighted by Gasteiger charge is -2.35. The molecular formula is C29H33N5O5. The molecule has 5 rings (SSSR count). The number of carbonyl (C=O) groups excluding carboxylic acids is 2. The second-order valence-electron chi connectivity index (χ2n) is 10.6. The average molecular weight is 532 g/mol. The highest BCUT2D eigenvalue weighted by Gasteiger charge is 2.32. The Labute approximate surface area is 227 Å². The molecule has 1 aromatic carbocycles. The summed E-state index contributed by atoms with van der Waals surface area (Å²) in [5.41, 5.74) is 5.58. The van der Waals surface area contributed by atoms with Gasteiger partial charge in [0.2, 0.25) is 5.88 Å². The maximum atomic E-state index is 13.0. The topological polar surface area (TPSA) is 106 Å². The maximum Gasteiger partial charge on any atom is 0.415 e. The number of carbonyl (C=O) groups is 2. The minimum absolute atomic E-state index is 0.364. The summed E-state index contributed by atoms with van der Waals surface area (Å²) in [6.45, 7) is 9.79. The molecule has 0 saturated heterocycles. The van der Waals surface area contributed by atoms with Crippen LogP contribution in [0.25, 0.3) is 0 Å². The Kier molecular flexibility index (Phi) is 7.03. The highest BCUT2D eigenvalue weighted by Crippen LogP contribution is 2.40. The van der Waals surface area contributed by atoms with Crippen molar-refractivity contribution in [3.05, 3.63) is 65.0 Å². The zero-order chi connectivity index (χ0) is 27.7. The number of nitrogens with one attached hydrogen (secondary N) is 1. The van der Waals surface area contributed by atoms with Crippen molar-refractivity contribution in [1.29, 1.82) is 0 Å². The second-order valence-corrected chi connectivity index (χ2v) is 10.6. The van der Waals surface area contributed by atoms with E-state index in [2.05, 4.69) is 20.2 Å². The largest absolute Gasteiger partial charge is 0.474 e. The molecular weight excluding hydrogens is 498 g/mol. The van der Waals surface area contributed by atoms with Crippen molar-refractivity contribution in [3.63, 3.8) is 0 Å². The Morgan fingerprint density at radius 2 is 1.82 bits per heavy atom. The zero-order valence-electron chi connectivity index (χ0n) is 22.9. The summed E-state index contributed by atoms with van der Waals surface area (Å²) >= 11 is 0. The predicted molar refractivity (Wildman–Crippen MR) is 148 cm³/mol. The van der Waals surface area contributed by atoms with Gasteiger partial charge >= 0.3 is 12.1 Å². The molecule has 2 aromatic heterocycles. The van der Waals surface area contributed by atoms with Gasteiger partial charge in [0, 0.05) is 30.5 Å². The smallest absolute Gasteiger partial charge is 0.415 e. The van der Waals surface area contributed by atoms with E-state index in [1.807, 2.05) is 58.3 Å². The summed E-state index contributed by atoms with van der Waals surface area (Å²) < 4.78 is 16.2. The quantitative estimate of drug-likeness (QED) is 0.465. The van der Waals surface area contributed by atoms with Crippen molar-refractivity contribution < 1.29 is 23.8 Å². The summed E-state index contributed by atoms with van der Waals surface area (Å²) in [6, 6.07) is 9.11. The van der Waals surface area contributed by atoms with Crippen LogP contribution in [0.3, 0.4) is 0 Å². The molecule has 39 heavy (non-hydrogen) atoms. The maximum absolute atomic E-state index is 13.0. The number of nitrogens with zero attached hydrogens (tertiary/aromatic N) is 4. The van der Waals surface area contributed by atoms with Gasteiger partial charge in [0.05, 0.1) is 31.1 Å². The molecule has 4 heterocycles. The Morgan fingerprint density at radius 1 is 1.05 bits per heavy atom. The summed E-state index contributed by atoms with van der Waals surface area (Å²) in [7, 11) is 1.36. The molecule has 204 valence electrons. The molecule has 2 aliphatic rings. The van der Waals surface area contributed by atoms with Crippen LogP contribution in [-0.4, -0.2) is 54.4 Å². The molecule has 3 aromatic rings. The first-order valence-corrected chi connectivity index (χ1v) is 12.9. The molecule has 10 nitrogen and oxygen atoms in total. The fourth-order valence-corrected chi connectivity index (χ4v) is 4.81. The number of amides is 1. The third kappa shape index (κ3) is 5.59. The van der Waals surface area contributed by atoms with Gasteiger partial charge in [-0.1, -0.05) is 0 Å². The van der Waals surface area contributed by atoms with E-state index in [-0.39, 0.29) is 5.97 Å². The lowest BCUT2D eigenvalue weighted by molar-refractivity contribution is 0.0564. The van der Waals surface area contributed by atoms with Gasteiger partial charge in [-0.2, -0.15) is 0 Å². The van der Waals surface area contributed by atoms with Crippen LogP contribution in [-0.2, 0) is 22.4 Å². The lowest BCUT2D eigenvalue weighted by atomic mass is 10.0. The first kappa shape index (κ1) is 26.3. The van der Waals surface area contributed by atoms with Gasteiger partial charge in [0.25, 0.3) is 0 Å². The normalized spacial score (nSPS) is 14.6. The van der Waals surface area contributed by atoms with E-state index in [4.69, 9.17) is 14.2 Å². The number of anilines is 4. The minimum Gasteiger partial charge on any atom is -0.474 e. The molecule has 0 saturated carbocycles. The molecule has 0 aliphatic carbocycles. The second kappa shape index (κ2) is 10.4. The van der Waals surface area contributed by atoms with Gasteiger partial charge < -0.3 is 24.4 Å². The molecule has 0 bridgehead atoms. The predicted octanol–water partition coefficient (Wildman–Crippen LogP) is 5.01. The van der Waals surface area contributed by atoms with Crippen molar-refractivity contribution in [2.24, 2.45) is 0 Å². The van der Waals surface area contributed by atoms with E-state index in [1.54, 1.807) is 17.0 Å². The van der Waals surface area contributed by atoms with Gasteiger partial charge in [-0.15, -0.1) is 0 Å². The number of rotatable bonds is 4. The first-order valence-electron chi connectivity index (χ1n) is 12.9. The summed E-state index contributed by atoms with van der Waals surface area (Å²) in [6.07, 6.45) is 4.16. The van der Waals surface area contributed by atoms with Crippen LogP contribution in [0.15, 0.2) is 42.7 Å². The number of hydrogen-bond acceptors (Lipinski definition) is 9. The minimum atomic E-state index is -0.603. The number of pyridine rings is 2. The van der Waals surface area contributed by atoms with E-state index in [1.165, 1.54) is 12.7 Å². The van der Waals surface area contributed by atoms with E-state index in [9.17, 15) is 9.59 Å². The van der Waals surface area contributed by atoms with Crippen LogP contribution in [0.4, 0.5) is 27.7 Å². The van der Waals surface area contributed by atoms with E-state index < -0.39 is 11.7 Å². The van der Waals surface area contributed by atoms with Crippen LogP contribution in [0.2, 0.25) is 0 Å². The van der Waals surface area contributed by atoms with Gasteiger partial charge in [-0.3, -0.25) is 4.90 Å². The Morgan fingerprint density at radius 3 is 2.54 bits per heavy atom. The highest BCUT2D eigenvalue weighted by molar-refractivity contribution is 5.92. The van der Waals surface area contributed by atoms with Crippen LogP contribution in [0, 0.1) is 6.92 Å². The molecule has 2 aliphatic heterocycles. The number of esters is 1. The monoisotopic (exact) mass is 531 g/mol. The van der Waals surface area contributed by atoms with E-state index in [0.29, 0.717) is 42.6 Å². The SMILES string of the molecule is COC(=O)c1ccc(Nc2cc3c(cn2)CCN(c2cnc4c(c2C)N(C(=O)OC(C)(C)C)CCO4)C3)cc1. The summed E-state index contributed by atoms with van der Waals surface area (Å²) in [4.78, 5) is 37.8. The van der Waals surface area contributed by atoms with E-state index >= 15 is 0 Å². The molecule has 0 fully saturated rings. The van der Waals surface area contributed by atoms with Crippen LogP contribution >= 0.6 is 0 Å². The van der Waals surface area contributed by atoms with Crippen molar-refractivity contribution in [2.75, 3.05) is 41.9 Å². The standard InChI is InChI=1S/C29H33N5O5/c1-18-23(16-31-26-25(18)34(12-13-38-26)28(36)39-29(2,3)4)33-11-10-20-15-30-24(14-21(20)17-33)32-22-8-6-19(7-9-22)27(35)37-5/h6-9,14-16H,10-13,17H2,1-5H3,(H,30,32). The van der Waals surface area contributed by atoms with Gasteiger partial charge in [0.1, 0.15) is 23.7 Å². The number of hydrogen-bond donors (Lipinski definition) is 1. The van der Waals surface area contributed by atoms with Crippen molar-refractivity contribution in [3.8, 4) is 5.88 Å². The molecule has 1 N–H and O–H groups in total. The Bertz CT molecular complexity index is 1400. The third-order valence-electron chi connectivity index (χ3n) is 6.70. The van der Waals surface area contributed by atoms with Crippen molar-refractivity contribution >= 4 is 34.9 Å². The zero-order valence-corrected chi connectivity index (χ0v) is 22.9. The summed E-state index contributed by atoms with van der Waals surface area (Å²) in [5, 5.41) is 3.31. The van der Waals surface area contributed by atoms with Gasteiger partial charge in [-0.25, -0.2) is 19.6 Å². The van der Waals surface area contributed by atoms with Crippen LogP contribution in [0.5, 0.6) is 5.88 Å². The molecule has 10 heteroatoms. The van der Waals surface area contributed by atoms with Gasteiger partial charge in [-0.05, 0) is 75.6 Å². The average Bonchev–Trinajstić information content (AvgIpc) is 2.91. The fourth-order valence-electron chi connectivity index (χ4n) is 4.81. The number of benzene rings is 1. The van der Waals surface area contributed by atoms with Crippen LogP contribution < -0.4 is 19.9 Å². The van der Waals surface area contributed by atoms with E-state index in [0.717, 1.165) is 35.5 Å². The third-order valence-corrected chi connectivity index (χ3v) is 6.70. The lowest BCUT2D eigenvalue weighted by Crippen LogP contribution is -2.42. The molecule has 0 radical (unpaired) electrons. The molecule has 1 amide bonds. The number of ether oxygens (including phenoxy) is 3. The molecule has 0 unspecified atom stereocenters. The number of aromatic nitrogens is 2. The van der Waals surface area contributed by atoms with Crippen molar-refractivity contribution in [2.45, 2.75) is 46.3 Å². The highest BCUT2D eigenvalue weighted by atomic mass is 16.6. The van der Waals surface area contributed by atoms with Crippen molar-refractivity contribution in [1.82, 2.24) is 9.97 Å². The Hall–Kier alpha value is -4.34. The summed E-state index contributed by atoms with van der Waals surface area (Å²) in [5.74, 6) is 0.784. The number of methoxy groups -OCH3 is 1. The Balaban J connectivity index is 1.37. The van der Waals surface area contributed by atoms with Crippen LogP contribution in [0.1, 0.15) is 47.8 Å². The molecule has 0 spiro atoms. The fraction of sp³-hybridized carbons (Fsp3) is 0.379. The number of fused-ring (bicyclic) bond motifs is 2.